The summed E-state index contributed by atoms with van der Waals surface area (Å²) in [5.74, 6) is -0.820. The van der Waals surface area contributed by atoms with Crippen LogP contribution < -0.4 is 5.32 Å². The van der Waals surface area contributed by atoms with Gasteiger partial charge in [0.1, 0.15) is 6.04 Å². The van der Waals surface area contributed by atoms with Gasteiger partial charge < -0.3 is 10.4 Å². The average molecular weight is 292 g/mol. The van der Waals surface area contributed by atoms with Gasteiger partial charge in [0, 0.05) is 6.54 Å². The van der Waals surface area contributed by atoms with Crippen LogP contribution in [0.5, 0.6) is 0 Å². The Kier molecular flexibility index (Phi) is 6.77. The summed E-state index contributed by atoms with van der Waals surface area (Å²) in [5, 5.41) is 12.3. The summed E-state index contributed by atoms with van der Waals surface area (Å²) in [6, 6.07) is 18.9. The number of hydrogen-bond donors (Lipinski definition) is 2. The number of carboxylic acids is 1. The normalized spacial score (nSPS) is 11.4. The third-order valence-electron chi connectivity index (χ3n) is 2.98. The number of halogens is 1. The highest BCUT2D eigenvalue weighted by Gasteiger charge is 2.16. The van der Waals surface area contributed by atoms with E-state index in [1.165, 1.54) is 0 Å². The van der Waals surface area contributed by atoms with Crippen molar-refractivity contribution in [2.45, 2.75) is 19.0 Å². The molecule has 2 N–H and O–H groups in total. The SMILES string of the molecule is Cl.O=C(O)C(Cc1ccccc1)NCc1ccccc1. The second-order valence-corrected chi connectivity index (χ2v) is 4.45. The molecule has 0 saturated carbocycles. The third-order valence-corrected chi connectivity index (χ3v) is 2.98. The van der Waals surface area contributed by atoms with Crippen LogP contribution in [0.15, 0.2) is 60.7 Å². The van der Waals surface area contributed by atoms with Crippen molar-refractivity contribution in [3.63, 3.8) is 0 Å². The van der Waals surface area contributed by atoms with Crippen molar-refractivity contribution in [2.24, 2.45) is 0 Å². The first-order valence-electron chi connectivity index (χ1n) is 6.30. The quantitative estimate of drug-likeness (QED) is 0.860. The molecular formula is C16H18ClNO2. The Morgan fingerprint density at radius 2 is 1.45 bits per heavy atom. The molecule has 0 spiro atoms. The minimum atomic E-state index is -0.820. The number of carboxylic acid groups (broad SMARTS) is 1. The molecule has 0 aromatic heterocycles. The van der Waals surface area contributed by atoms with E-state index in [0.29, 0.717) is 13.0 Å². The second kappa shape index (κ2) is 8.35. The minimum absolute atomic E-state index is 0. The summed E-state index contributed by atoms with van der Waals surface area (Å²) in [6.45, 7) is 0.560. The summed E-state index contributed by atoms with van der Waals surface area (Å²) < 4.78 is 0. The van der Waals surface area contributed by atoms with Crippen molar-refractivity contribution >= 4 is 18.4 Å². The molecule has 0 radical (unpaired) electrons. The molecule has 0 aliphatic carbocycles. The molecule has 0 saturated heterocycles. The highest BCUT2D eigenvalue weighted by atomic mass is 35.5. The van der Waals surface area contributed by atoms with Crippen LogP contribution in [0.3, 0.4) is 0 Å². The molecule has 2 aromatic carbocycles. The molecule has 0 aliphatic rings. The average Bonchev–Trinajstić information content (AvgIpc) is 2.45. The van der Waals surface area contributed by atoms with E-state index >= 15 is 0 Å². The van der Waals surface area contributed by atoms with E-state index < -0.39 is 12.0 Å². The van der Waals surface area contributed by atoms with E-state index in [1.807, 2.05) is 60.7 Å². The fraction of sp³-hybridized carbons (Fsp3) is 0.188. The predicted octanol–water partition coefficient (Wildman–Crippen LogP) is 2.89. The van der Waals surface area contributed by atoms with Crippen LogP contribution in [0, 0.1) is 0 Å². The van der Waals surface area contributed by atoms with Crippen LogP contribution in [0.25, 0.3) is 0 Å². The van der Waals surface area contributed by atoms with E-state index in [9.17, 15) is 9.90 Å². The predicted molar refractivity (Wildman–Crippen MR) is 82.1 cm³/mol. The molecule has 3 nitrogen and oxygen atoms in total. The van der Waals surface area contributed by atoms with Gasteiger partial charge in [0.25, 0.3) is 0 Å². The summed E-state index contributed by atoms with van der Waals surface area (Å²) in [5.41, 5.74) is 2.11. The van der Waals surface area contributed by atoms with Crippen molar-refractivity contribution in [1.29, 1.82) is 0 Å². The molecule has 106 valence electrons. The van der Waals surface area contributed by atoms with E-state index in [4.69, 9.17) is 0 Å². The van der Waals surface area contributed by atoms with Crippen molar-refractivity contribution in [3.8, 4) is 0 Å². The standard InChI is InChI=1S/C16H17NO2.ClH/c18-16(19)15(11-13-7-3-1-4-8-13)17-12-14-9-5-2-6-10-14;/h1-10,15,17H,11-12H2,(H,18,19);1H. The first-order valence-corrected chi connectivity index (χ1v) is 6.30. The molecule has 0 bridgehead atoms. The van der Waals surface area contributed by atoms with Gasteiger partial charge in [-0.25, -0.2) is 0 Å². The van der Waals surface area contributed by atoms with Crippen LogP contribution in [-0.2, 0) is 17.8 Å². The Labute approximate surface area is 125 Å². The highest BCUT2D eigenvalue weighted by Crippen LogP contribution is 2.05. The topological polar surface area (TPSA) is 49.3 Å². The van der Waals surface area contributed by atoms with Crippen LogP contribution >= 0.6 is 12.4 Å². The molecule has 2 aromatic rings. The van der Waals surface area contributed by atoms with Crippen molar-refractivity contribution in [1.82, 2.24) is 5.32 Å². The monoisotopic (exact) mass is 291 g/mol. The van der Waals surface area contributed by atoms with Crippen LogP contribution in [0.1, 0.15) is 11.1 Å². The lowest BCUT2D eigenvalue weighted by molar-refractivity contribution is -0.139. The third kappa shape index (κ3) is 5.03. The maximum atomic E-state index is 11.3. The van der Waals surface area contributed by atoms with Gasteiger partial charge in [0.05, 0.1) is 0 Å². The zero-order valence-electron chi connectivity index (χ0n) is 11.0. The van der Waals surface area contributed by atoms with Gasteiger partial charge in [-0.15, -0.1) is 12.4 Å². The first kappa shape index (κ1) is 16.2. The Hall–Kier alpha value is -1.84. The van der Waals surface area contributed by atoms with Gasteiger partial charge in [-0.2, -0.15) is 0 Å². The maximum Gasteiger partial charge on any atom is 0.321 e. The van der Waals surface area contributed by atoms with Gasteiger partial charge in [-0.1, -0.05) is 60.7 Å². The van der Waals surface area contributed by atoms with Gasteiger partial charge in [-0.3, -0.25) is 4.79 Å². The van der Waals surface area contributed by atoms with Crippen LogP contribution in [-0.4, -0.2) is 17.1 Å². The largest absolute Gasteiger partial charge is 0.480 e. The number of nitrogens with one attached hydrogen (secondary N) is 1. The zero-order valence-corrected chi connectivity index (χ0v) is 11.8. The maximum absolute atomic E-state index is 11.3. The van der Waals surface area contributed by atoms with Crippen LogP contribution in [0.2, 0.25) is 0 Å². The first-order chi connectivity index (χ1) is 9.25. The molecule has 4 heteroatoms. The molecule has 2 rings (SSSR count). The van der Waals surface area contributed by atoms with E-state index in [2.05, 4.69) is 5.32 Å². The summed E-state index contributed by atoms with van der Waals surface area (Å²) >= 11 is 0. The second-order valence-electron chi connectivity index (χ2n) is 4.45. The van der Waals surface area contributed by atoms with E-state index in [1.54, 1.807) is 0 Å². The highest BCUT2D eigenvalue weighted by molar-refractivity contribution is 5.85. The Morgan fingerprint density at radius 3 is 1.95 bits per heavy atom. The summed E-state index contributed by atoms with van der Waals surface area (Å²) in [7, 11) is 0. The van der Waals surface area contributed by atoms with Crippen LogP contribution in [0.4, 0.5) is 0 Å². The molecule has 0 amide bonds. The Bertz CT molecular complexity index is 517. The Morgan fingerprint density at radius 1 is 0.950 bits per heavy atom. The molecule has 20 heavy (non-hydrogen) atoms. The number of rotatable bonds is 6. The number of carbonyl (C=O) groups is 1. The van der Waals surface area contributed by atoms with Gasteiger partial charge in [0.15, 0.2) is 0 Å². The fourth-order valence-electron chi connectivity index (χ4n) is 1.93. The number of aliphatic carboxylic acids is 1. The summed E-state index contributed by atoms with van der Waals surface area (Å²) in [4.78, 5) is 11.3. The molecular weight excluding hydrogens is 274 g/mol. The zero-order chi connectivity index (χ0) is 13.5. The van der Waals surface area contributed by atoms with Gasteiger partial charge in [-0.05, 0) is 17.5 Å². The fourth-order valence-corrected chi connectivity index (χ4v) is 1.93. The minimum Gasteiger partial charge on any atom is -0.480 e. The molecule has 0 aliphatic heterocycles. The van der Waals surface area contributed by atoms with Gasteiger partial charge >= 0.3 is 5.97 Å². The van der Waals surface area contributed by atoms with Crippen molar-refractivity contribution in [3.05, 3.63) is 71.8 Å². The lowest BCUT2D eigenvalue weighted by Crippen LogP contribution is -2.38. The molecule has 0 heterocycles. The molecule has 0 fully saturated rings. The van der Waals surface area contributed by atoms with E-state index in [0.717, 1.165) is 11.1 Å². The summed E-state index contributed by atoms with van der Waals surface area (Å²) in [6.07, 6.45) is 0.489. The van der Waals surface area contributed by atoms with Crippen molar-refractivity contribution < 1.29 is 9.90 Å². The smallest absolute Gasteiger partial charge is 0.321 e. The van der Waals surface area contributed by atoms with Crippen molar-refractivity contribution in [2.75, 3.05) is 0 Å². The number of benzene rings is 2. The Balaban J connectivity index is 0.00000200. The lowest BCUT2D eigenvalue weighted by Gasteiger charge is -2.14. The molecule has 1 atom stereocenters. The number of hydrogen-bond acceptors (Lipinski definition) is 2. The van der Waals surface area contributed by atoms with Gasteiger partial charge in [0.2, 0.25) is 0 Å². The van der Waals surface area contributed by atoms with E-state index in [-0.39, 0.29) is 12.4 Å². The molecule has 1 unspecified atom stereocenters. The lowest BCUT2D eigenvalue weighted by atomic mass is 10.1.